The molecule has 0 saturated carbocycles. The molecule has 2 aliphatic heterocycles. The number of amides is 1. The van der Waals surface area contributed by atoms with E-state index in [1.165, 1.54) is 0 Å². The Balaban J connectivity index is 0.000000479. The Morgan fingerprint density at radius 3 is 2.45 bits per heavy atom. The first-order chi connectivity index (χ1) is 15.3. The Morgan fingerprint density at radius 1 is 1.30 bits per heavy atom. The lowest BCUT2D eigenvalue weighted by Gasteiger charge is -2.50. The van der Waals surface area contributed by atoms with Crippen molar-refractivity contribution in [2.45, 2.75) is 50.6 Å². The van der Waals surface area contributed by atoms with Crippen molar-refractivity contribution in [1.82, 2.24) is 9.88 Å². The molecule has 1 N–H and O–H groups in total. The molecule has 33 heavy (non-hydrogen) atoms. The van der Waals surface area contributed by atoms with Crippen LogP contribution < -0.4 is 0 Å². The number of pyridine rings is 1. The molecule has 3 heterocycles. The fourth-order valence-corrected chi connectivity index (χ4v) is 6.24. The van der Waals surface area contributed by atoms with Crippen LogP contribution in [0.4, 0.5) is 13.2 Å². The summed E-state index contributed by atoms with van der Waals surface area (Å²) in [5, 5.41) is 7.12. The molecule has 186 valence electrons. The summed E-state index contributed by atoms with van der Waals surface area (Å²) in [6, 6.07) is 5.64. The lowest BCUT2D eigenvalue weighted by atomic mass is 9.83. The molecule has 3 rings (SSSR count). The van der Waals surface area contributed by atoms with Crippen LogP contribution in [0.15, 0.2) is 24.4 Å². The number of carbonyl (C=O) groups is 2. The predicted octanol–water partition coefficient (Wildman–Crippen LogP) is 2.68. The number of likely N-dealkylation sites (tertiary alicyclic amines) is 1. The van der Waals surface area contributed by atoms with E-state index in [2.05, 4.69) is 18.8 Å². The third-order valence-electron chi connectivity index (χ3n) is 5.84. The molecule has 1 amide bonds. The van der Waals surface area contributed by atoms with Crippen LogP contribution in [0.5, 0.6) is 0 Å². The van der Waals surface area contributed by atoms with E-state index in [1.807, 2.05) is 18.2 Å². The molecule has 12 heteroatoms. The average molecular weight is 495 g/mol. The first-order valence-electron chi connectivity index (χ1n) is 10.6. The SMILES string of the molecule is CC(C)CCC(=O)N1CC2(C1)C(COCc1ccccn1)CCS2(=O)=O.O=C(O)C(F)(F)F. The molecule has 8 nitrogen and oxygen atoms in total. The van der Waals surface area contributed by atoms with Gasteiger partial charge in [-0.05, 0) is 30.9 Å². The first-order valence-corrected chi connectivity index (χ1v) is 12.2. The lowest BCUT2D eigenvalue weighted by molar-refractivity contribution is -0.192. The van der Waals surface area contributed by atoms with Gasteiger partial charge in [-0.2, -0.15) is 13.2 Å². The Bertz CT molecular complexity index is 916. The highest BCUT2D eigenvalue weighted by Crippen LogP contribution is 2.45. The highest BCUT2D eigenvalue weighted by atomic mass is 32.2. The second-order valence-corrected chi connectivity index (χ2v) is 11.1. The van der Waals surface area contributed by atoms with Crippen molar-refractivity contribution in [2.75, 3.05) is 25.4 Å². The fourth-order valence-electron chi connectivity index (χ4n) is 3.84. The minimum Gasteiger partial charge on any atom is -0.475 e. The third-order valence-corrected chi connectivity index (χ3v) is 8.44. The van der Waals surface area contributed by atoms with Gasteiger partial charge in [-0.25, -0.2) is 13.2 Å². The number of nitrogens with zero attached hydrogens (tertiary/aromatic N) is 2. The number of alkyl halides is 3. The largest absolute Gasteiger partial charge is 0.490 e. The number of rotatable bonds is 7. The van der Waals surface area contributed by atoms with Gasteiger partial charge in [-0.3, -0.25) is 9.78 Å². The molecule has 1 spiro atoms. The Hall–Kier alpha value is -2.21. The Labute approximate surface area is 191 Å². The van der Waals surface area contributed by atoms with Gasteiger partial charge < -0.3 is 14.7 Å². The highest BCUT2D eigenvalue weighted by Gasteiger charge is 2.62. The van der Waals surface area contributed by atoms with E-state index in [0.29, 0.717) is 45.1 Å². The number of carboxylic acids is 1. The highest BCUT2D eigenvalue weighted by molar-refractivity contribution is 7.93. The van der Waals surface area contributed by atoms with Gasteiger partial charge >= 0.3 is 12.1 Å². The Kier molecular flexibility index (Phi) is 8.86. The maximum atomic E-state index is 12.6. The van der Waals surface area contributed by atoms with Gasteiger partial charge in [-0.1, -0.05) is 19.9 Å². The molecule has 0 bridgehead atoms. The normalized spacial score (nSPS) is 20.8. The number of carbonyl (C=O) groups excluding carboxylic acids is 1. The summed E-state index contributed by atoms with van der Waals surface area (Å²) in [6.07, 6.45) is -1.42. The fraction of sp³-hybridized carbons (Fsp3) is 0.667. The van der Waals surface area contributed by atoms with Crippen LogP contribution in [0.1, 0.15) is 38.8 Å². The molecular formula is C21H29F3N2O6S. The number of aliphatic carboxylic acids is 1. The monoisotopic (exact) mass is 494 g/mol. The second-order valence-electron chi connectivity index (χ2n) is 8.69. The summed E-state index contributed by atoms with van der Waals surface area (Å²) >= 11 is 0. The van der Waals surface area contributed by atoms with E-state index in [0.717, 1.165) is 12.1 Å². The van der Waals surface area contributed by atoms with Crippen LogP contribution in [-0.4, -0.2) is 71.7 Å². The first kappa shape index (κ1) is 27.0. The van der Waals surface area contributed by atoms with Crippen LogP contribution in [0.3, 0.4) is 0 Å². The van der Waals surface area contributed by atoms with E-state index in [1.54, 1.807) is 11.1 Å². The zero-order chi connectivity index (χ0) is 24.9. The predicted molar refractivity (Wildman–Crippen MR) is 113 cm³/mol. The number of aromatic nitrogens is 1. The summed E-state index contributed by atoms with van der Waals surface area (Å²) < 4.78 is 62.0. The maximum absolute atomic E-state index is 12.6. The molecule has 0 aliphatic carbocycles. The number of halogens is 3. The van der Waals surface area contributed by atoms with Gasteiger partial charge in [0.1, 0.15) is 4.75 Å². The summed E-state index contributed by atoms with van der Waals surface area (Å²) in [6.45, 7) is 5.59. The van der Waals surface area contributed by atoms with E-state index in [9.17, 15) is 26.4 Å². The number of ether oxygens (including phenoxy) is 1. The molecule has 1 aromatic rings. The molecule has 1 atom stereocenters. The van der Waals surface area contributed by atoms with Crippen LogP contribution in [0.25, 0.3) is 0 Å². The van der Waals surface area contributed by atoms with Crippen LogP contribution in [-0.2, 0) is 30.8 Å². The smallest absolute Gasteiger partial charge is 0.475 e. The van der Waals surface area contributed by atoms with Crippen molar-refractivity contribution in [2.24, 2.45) is 11.8 Å². The van der Waals surface area contributed by atoms with Crippen LogP contribution in [0, 0.1) is 11.8 Å². The molecule has 2 saturated heterocycles. The van der Waals surface area contributed by atoms with Gasteiger partial charge in [0.2, 0.25) is 5.91 Å². The number of hydrogen-bond acceptors (Lipinski definition) is 6. The van der Waals surface area contributed by atoms with Crippen LogP contribution in [0.2, 0.25) is 0 Å². The minimum absolute atomic E-state index is 0.0506. The molecule has 1 unspecified atom stereocenters. The summed E-state index contributed by atoms with van der Waals surface area (Å²) in [5.74, 6) is -2.08. The molecular weight excluding hydrogens is 465 g/mol. The van der Waals surface area contributed by atoms with Gasteiger partial charge in [0, 0.05) is 31.6 Å². The summed E-state index contributed by atoms with van der Waals surface area (Å²) in [7, 11) is -3.18. The van der Waals surface area contributed by atoms with Gasteiger partial charge in [-0.15, -0.1) is 0 Å². The van der Waals surface area contributed by atoms with Crippen molar-refractivity contribution in [3.63, 3.8) is 0 Å². The van der Waals surface area contributed by atoms with Crippen molar-refractivity contribution < 1.29 is 41.0 Å². The minimum atomic E-state index is -5.08. The maximum Gasteiger partial charge on any atom is 0.490 e. The number of hydrogen-bond donors (Lipinski definition) is 1. The van der Waals surface area contributed by atoms with Gasteiger partial charge in [0.25, 0.3) is 0 Å². The van der Waals surface area contributed by atoms with Gasteiger partial charge in [0.05, 0.1) is 24.7 Å². The third kappa shape index (κ3) is 6.89. The summed E-state index contributed by atoms with van der Waals surface area (Å²) in [4.78, 5) is 27.1. The molecule has 0 aromatic carbocycles. The zero-order valence-corrected chi connectivity index (χ0v) is 19.4. The Morgan fingerprint density at radius 2 is 1.94 bits per heavy atom. The average Bonchev–Trinajstić information content (AvgIpc) is 2.96. The van der Waals surface area contributed by atoms with E-state index in [-0.39, 0.29) is 17.6 Å². The number of sulfone groups is 1. The summed E-state index contributed by atoms with van der Waals surface area (Å²) in [5.41, 5.74) is 0.835. The quantitative estimate of drug-likeness (QED) is 0.620. The van der Waals surface area contributed by atoms with Crippen molar-refractivity contribution >= 4 is 21.7 Å². The van der Waals surface area contributed by atoms with Crippen molar-refractivity contribution in [1.29, 1.82) is 0 Å². The number of carboxylic acid groups (broad SMARTS) is 1. The van der Waals surface area contributed by atoms with E-state index >= 15 is 0 Å². The van der Waals surface area contributed by atoms with Crippen molar-refractivity contribution in [3.05, 3.63) is 30.1 Å². The molecule has 1 aromatic heterocycles. The van der Waals surface area contributed by atoms with E-state index in [4.69, 9.17) is 14.6 Å². The topological polar surface area (TPSA) is 114 Å². The second kappa shape index (κ2) is 10.8. The molecule has 2 fully saturated rings. The standard InChI is InChI=1S/C19H28N2O4S.C2HF3O2/c1-15(2)6-7-18(22)21-13-19(14-21)16(8-10-26(19,23)24)11-25-12-17-5-3-4-9-20-17;3-2(4,5)1(6)7/h3-5,9,15-16H,6-8,10-14H2,1-2H3;(H,6,7). The zero-order valence-electron chi connectivity index (χ0n) is 18.5. The molecule has 2 aliphatic rings. The molecule has 0 radical (unpaired) electrons. The van der Waals surface area contributed by atoms with Crippen LogP contribution >= 0.6 is 0 Å². The van der Waals surface area contributed by atoms with E-state index < -0.39 is 26.7 Å². The van der Waals surface area contributed by atoms with Crippen molar-refractivity contribution in [3.8, 4) is 0 Å². The lowest BCUT2D eigenvalue weighted by Crippen LogP contribution is -2.68. The van der Waals surface area contributed by atoms with Gasteiger partial charge in [0.15, 0.2) is 9.84 Å².